The standard InChI is InChI=1S/C16H23N5O/c1-13-11-21(5-6-22-13)16-4-3-14(8-19-16)7-17-9-15-10-18-12-20(15)2/h3-4,8,10,12-13,17H,5-7,9,11H2,1-2H3/t13-/m0/s1. The Bertz CT molecular complexity index is 595. The van der Waals surface area contributed by atoms with Gasteiger partial charge in [-0.15, -0.1) is 0 Å². The number of nitrogens with zero attached hydrogens (tertiary/aromatic N) is 4. The van der Waals surface area contributed by atoms with Gasteiger partial charge in [-0.2, -0.15) is 0 Å². The van der Waals surface area contributed by atoms with E-state index in [-0.39, 0.29) is 6.10 Å². The van der Waals surface area contributed by atoms with Crippen molar-refractivity contribution in [1.29, 1.82) is 0 Å². The van der Waals surface area contributed by atoms with Gasteiger partial charge >= 0.3 is 0 Å². The van der Waals surface area contributed by atoms with Gasteiger partial charge in [0.15, 0.2) is 0 Å². The molecule has 0 spiro atoms. The zero-order valence-electron chi connectivity index (χ0n) is 13.2. The Morgan fingerprint density at radius 1 is 1.32 bits per heavy atom. The van der Waals surface area contributed by atoms with E-state index in [4.69, 9.17) is 4.74 Å². The number of pyridine rings is 1. The van der Waals surface area contributed by atoms with Crippen LogP contribution in [0.3, 0.4) is 0 Å². The normalized spacial score (nSPS) is 18.6. The fourth-order valence-electron chi connectivity index (χ4n) is 2.62. The van der Waals surface area contributed by atoms with Gasteiger partial charge in [0, 0.05) is 45.6 Å². The highest BCUT2D eigenvalue weighted by molar-refractivity contribution is 5.39. The smallest absolute Gasteiger partial charge is 0.128 e. The van der Waals surface area contributed by atoms with E-state index in [1.807, 2.05) is 30.3 Å². The highest BCUT2D eigenvalue weighted by atomic mass is 16.5. The number of aryl methyl sites for hydroxylation is 1. The Labute approximate surface area is 131 Å². The van der Waals surface area contributed by atoms with Gasteiger partial charge in [-0.25, -0.2) is 9.97 Å². The molecule has 0 unspecified atom stereocenters. The van der Waals surface area contributed by atoms with Crippen molar-refractivity contribution in [1.82, 2.24) is 19.9 Å². The van der Waals surface area contributed by atoms with Gasteiger partial charge in [0.2, 0.25) is 0 Å². The van der Waals surface area contributed by atoms with E-state index in [9.17, 15) is 0 Å². The first-order chi connectivity index (χ1) is 10.7. The van der Waals surface area contributed by atoms with Crippen LogP contribution in [0.5, 0.6) is 0 Å². The summed E-state index contributed by atoms with van der Waals surface area (Å²) in [6, 6.07) is 4.23. The van der Waals surface area contributed by atoms with Crippen molar-refractivity contribution < 1.29 is 4.74 Å². The van der Waals surface area contributed by atoms with Gasteiger partial charge in [-0.05, 0) is 18.6 Å². The van der Waals surface area contributed by atoms with Crippen LogP contribution in [0.25, 0.3) is 0 Å². The highest BCUT2D eigenvalue weighted by Crippen LogP contribution is 2.15. The molecule has 22 heavy (non-hydrogen) atoms. The minimum Gasteiger partial charge on any atom is -0.375 e. The molecule has 0 radical (unpaired) electrons. The molecule has 1 aliphatic rings. The third-order valence-corrected chi connectivity index (χ3v) is 3.93. The van der Waals surface area contributed by atoms with E-state index in [2.05, 4.69) is 39.2 Å². The van der Waals surface area contributed by atoms with Crippen LogP contribution >= 0.6 is 0 Å². The van der Waals surface area contributed by atoms with Gasteiger partial charge in [-0.1, -0.05) is 6.07 Å². The maximum Gasteiger partial charge on any atom is 0.128 e. The van der Waals surface area contributed by atoms with E-state index < -0.39 is 0 Å². The third-order valence-electron chi connectivity index (χ3n) is 3.93. The summed E-state index contributed by atoms with van der Waals surface area (Å²) >= 11 is 0. The first-order valence-electron chi connectivity index (χ1n) is 7.70. The summed E-state index contributed by atoms with van der Waals surface area (Å²) in [6.07, 6.45) is 5.92. The number of hydrogen-bond donors (Lipinski definition) is 1. The van der Waals surface area contributed by atoms with Gasteiger partial charge in [-0.3, -0.25) is 0 Å². The summed E-state index contributed by atoms with van der Waals surface area (Å²) in [7, 11) is 2.00. The van der Waals surface area contributed by atoms with Crippen LogP contribution in [-0.2, 0) is 24.9 Å². The van der Waals surface area contributed by atoms with E-state index in [1.165, 1.54) is 11.3 Å². The van der Waals surface area contributed by atoms with Crippen LogP contribution in [-0.4, -0.2) is 40.3 Å². The molecule has 0 aliphatic carbocycles. The maximum atomic E-state index is 5.56. The number of nitrogens with one attached hydrogen (secondary N) is 1. The molecule has 1 atom stereocenters. The monoisotopic (exact) mass is 301 g/mol. The molecule has 1 fully saturated rings. The molecule has 6 nitrogen and oxygen atoms in total. The predicted molar refractivity (Wildman–Crippen MR) is 85.6 cm³/mol. The molecule has 118 valence electrons. The first-order valence-corrected chi connectivity index (χ1v) is 7.70. The van der Waals surface area contributed by atoms with Crippen LogP contribution < -0.4 is 10.2 Å². The van der Waals surface area contributed by atoms with Gasteiger partial charge in [0.1, 0.15) is 5.82 Å². The lowest BCUT2D eigenvalue weighted by Crippen LogP contribution is -2.41. The van der Waals surface area contributed by atoms with Gasteiger partial charge in [0.25, 0.3) is 0 Å². The number of anilines is 1. The number of ether oxygens (including phenoxy) is 1. The summed E-state index contributed by atoms with van der Waals surface area (Å²) in [4.78, 5) is 11.0. The van der Waals surface area contributed by atoms with Gasteiger partial charge < -0.3 is 19.5 Å². The minimum absolute atomic E-state index is 0.274. The van der Waals surface area contributed by atoms with Crippen LogP contribution in [0, 0.1) is 0 Å². The van der Waals surface area contributed by atoms with Crippen molar-refractivity contribution in [3.8, 4) is 0 Å². The molecule has 3 rings (SSSR count). The molecule has 2 aromatic heterocycles. The summed E-state index contributed by atoms with van der Waals surface area (Å²) in [5, 5.41) is 3.42. The van der Waals surface area contributed by atoms with Crippen molar-refractivity contribution in [2.24, 2.45) is 7.05 Å². The Morgan fingerprint density at radius 3 is 2.91 bits per heavy atom. The predicted octanol–water partition coefficient (Wildman–Crippen LogP) is 1.33. The number of aromatic nitrogens is 3. The quantitative estimate of drug-likeness (QED) is 0.903. The minimum atomic E-state index is 0.274. The molecular formula is C16H23N5O. The fraction of sp³-hybridized carbons (Fsp3) is 0.500. The maximum absolute atomic E-state index is 5.56. The Morgan fingerprint density at radius 2 is 2.23 bits per heavy atom. The average molecular weight is 301 g/mol. The van der Waals surface area contributed by atoms with Crippen LogP contribution in [0.4, 0.5) is 5.82 Å². The topological polar surface area (TPSA) is 55.2 Å². The lowest BCUT2D eigenvalue weighted by atomic mass is 10.2. The van der Waals surface area contributed by atoms with Crippen LogP contribution in [0.15, 0.2) is 30.9 Å². The Balaban J connectivity index is 1.52. The van der Waals surface area contributed by atoms with Crippen LogP contribution in [0.1, 0.15) is 18.2 Å². The van der Waals surface area contributed by atoms with E-state index >= 15 is 0 Å². The van der Waals surface area contributed by atoms with Gasteiger partial charge in [0.05, 0.1) is 24.7 Å². The average Bonchev–Trinajstić information content (AvgIpc) is 2.93. The molecule has 3 heterocycles. The van der Waals surface area contributed by atoms with Crippen molar-refractivity contribution >= 4 is 5.82 Å². The summed E-state index contributed by atoms with van der Waals surface area (Å²) in [6.45, 7) is 6.30. The van der Waals surface area contributed by atoms with Crippen molar-refractivity contribution in [2.45, 2.75) is 26.1 Å². The van der Waals surface area contributed by atoms with Crippen molar-refractivity contribution in [2.75, 3.05) is 24.6 Å². The second-order valence-electron chi connectivity index (χ2n) is 5.75. The number of rotatable bonds is 5. The molecule has 0 amide bonds. The highest BCUT2D eigenvalue weighted by Gasteiger charge is 2.17. The fourth-order valence-corrected chi connectivity index (χ4v) is 2.62. The third kappa shape index (κ3) is 3.64. The zero-order valence-corrected chi connectivity index (χ0v) is 13.2. The first kappa shape index (κ1) is 15.0. The van der Waals surface area contributed by atoms with E-state index in [0.717, 1.165) is 38.6 Å². The summed E-state index contributed by atoms with van der Waals surface area (Å²) in [5.41, 5.74) is 2.36. The molecule has 1 aliphatic heterocycles. The Hall–Kier alpha value is -1.92. The molecule has 0 bridgehead atoms. The molecule has 1 N–H and O–H groups in total. The number of morpholine rings is 1. The zero-order chi connectivity index (χ0) is 15.4. The lowest BCUT2D eigenvalue weighted by molar-refractivity contribution is 0.0529. The SMILES string of the molecule is C[C@H]1CN(c2ccc(CNCc3cncn3C)cn2)CCO1. The lowest BCUT2D eigenvalue weighted by Gasteiger charge is -2.32. The molecule has 6 heteroatoms. The molecular weight excluding hydrogens is 278 g/mol. The molecule has 0 aromatic carbocycles. The van der Waals surface area contributed by atoms with Crippen molar-refractivity contribution in [3.05, 3.63) is 42.1 Å². The summed E-state index contributed by atoms with van der Waals surface area (Å²) in [5.74, 6) is 1.03. The number of hydrogen-bond acceptors (Lipinski definition) is 5. The van der Waals surface area contributed by atoms with Crippen LogP contribution in [0.2, 0.25) is 0 Å². The second kappa shape index (κ2) is 6.89. The van der Waals surface area contributed by atoms with E-state index in [1.54, 1.807) is 0 Å². The van der Waals surface area contributed by atoms with E-state index in [0.29, 0.717) is 0 Å². The molecule has 2 aromatic rings. The second-order valence-corrected chi connectivity index (χ2v) is 5.75. The Kier molecular flexibility index (Phi) is 4.70. The molecule has 1 saturated heterocycles. The largest absolute Gasteiger partial charge is 0.375 e. The number of imidazole rings is 1. The summed E-state index contributed by atoms with van der Waals surface area (Å²) < 4.78 is 7.59. The molecule has 0 saturated carbocycles. The van der Waals surface area contributed by atoms with Crippen molar-refractivity contribution in [3.63, 3.8) is 0 Å².